The highest BCUT2D eigenvalue weighted by Crippen LogP contribution is 2.30. The zero-order valence-electron chi connectivity index (χ0n) is 12.4. The van der Waals surface area contributed by atoms with Crippen molar-refractivity contribution in [3.8, 4) is 5.75 Å². The van der Waals surface area contributed by atoms with E-state index in [4.69, 9.17) is 9.47 Å². The molecule has 0 unspecified atom stereocenters. The average Bonchev–Trinajstić information content (AvgIpc) is 2.94. The third-order valence-electron chi connectivity index (χ3n) is 3.93. The molecule has 1 aromatic rings. The summed E-state index contributed by atoms with van der Waals surface area (Å²) in [5.41, 5.74) is 1.23. The van der Waals surface area contributed by atoms with Crippen LogP contribution < -0.4 is 10.1 Å². The molecule has 1 aromatic carbocycles. The first-order chi connectivity index (χ1) is 9.65. The number of para-hydroxylation sites is 1. The largest absolute Gasteiger partial charge is 0.489 e. The summed E-state index contributed by atoms with van der Waals surface area (Å²) in [6.45, 7) is 5.05. The molecule has 0 aromatic heterocycles. The number of carbonyl (C=O) groups excluding carboxylic acids is 1. The lowest BCUT2D eigenvalue weighted by Crippen LogP contribution is -2.31. The van der Waals surface area contributed by atoms with E-state index in [0.717, 1.165) is 12.2 Å². The van der Waals surface area contributed by atoms with E-state index in [9.17, 15) is 4.79 Å². The zero-order chi connectivity index (χ0) is 14.5. The molecule has 1 fully saturated rings. The van der Waals surface area contributed by atoms with Gasteiger partial charge in [0.05, 0.1) is 7.11 Å². The monoisotopic (exact) mass is 277 g/mol. The molecule has 0 bridgehead atoms. The molecule has 0 radical (unpaired) electrons. The molecule has 1 saturated heterocycles. The van der Waals surface area contributed by atoms with Gasteiger partial charge in [-0.05, 0) is 24.0 Å². The fraction of sp³-hybridized carbons (Fsp3) is 0.562. The Hall–Kier alpha value is -1.55. The Morgan fingerprint density at radius 3 is 2.90 bits per heavy atom. The van der Waals surface area contributed by atoms with Gasteiger partial charge < -0.3 is 14.8 Å². The summed E-state index contributed by atoms with van der Waals surface area (Å²) in [7, 11) is 1.41. The van der Waals surface area contributed by atoms with Crippen molar-refractivity contribution in [2.75, 3.05) is 13.7 Å². The van der Waals surface area contributed by atoms with E-state index < -0.39 is 0 Å². The highest BCUT2D eigenvalue weighted by molar-refractivity contribution is 5.76. The number of hydrogen-bond donors (Lipinski definition) is 1. The Kier molecular flexibility index (Phi) is 5.01. The molecular weight excluding hydrogens is 254 g/mol. The molecule has 0 spiro atoms. The number of esters is 1. The molecule has 2 rings (SSSR count). The van der Waals surface area contributed by atoms with Gasteiger partial charge in [-0.3, -0.25) is 4.79 Å². The van der Waals surface area contributed by atoms with E-state index in [1.54, 1.807) is 0 Å². The molecule has 0 saturated carbocycles. The first-order valence-corrected chi connectivity index (χ1v) is 7.22. The van der Waals surface area contributed by atoms with Crippen molar-refractivity contribution in [1.82, 2.24) is 5.32 Å². The van der Waals surface area contributed by atoms with Crippen molar-refractivity contribution >= 4 is 5.97 Å². The third-order valence-corrected chi connectivity index (χ3v) is 3.93. The summed E-state index contributed by atoms with van der Waals surface area (Å²) < 4.78 is 10.8. The molecule has 1 heterocycles. The standard InChI is InChI=1S/C16H23NO3/c1-4-11(2)13-7-5-6-8-15(13)20-12-9-14(17-10-12)16(18)19-3/h5-8,11-12,14,17H,4,9-10H2,1-3H3/t11-,12+,14+/m1/s1. The van der Waals surface area contributed by atoms with Crippen LogP contribution in [-0.4, -0.2) is 31.8 Å². The van der Waals surface area contributed by atoms with Gasteiger partial charge in [-0.1, -0.05) is 32.0 Å². The normalized spacial score (nSPS) is 23.4. The minimum atomic E-state index is -0.249. The van der Waals surface area contributed by atoms with Crippen molar-refractivity contribution in [2.24, 2.45) is 0 Å². The van der Waals surface area contributed by atoms with E-state index in [1.807, 2.05) is 18.2 Å². The Morgan fingerprint density at radius 1 is 1.45 bits per heavy atom. The van der Waals surface area contributed by atoms with Gasteiger partial charge in [0.15, 0.2) is 0 Å². The summed E-state index contributed by atoms with van der Waals surface area (Å²) in [6, 6.07) is 7.90. The molecule has 1 aliphatic rings. The van der Waals surface area contributed by atoms with E-state index in [0.29, 0.717) is 18.9 Å². The van der Waals surface area contributed by atoms with Crippen molar-refractivity contribution < 1.29 is 14.3 Å². The highest BCUT2D eigenvalue weighted by Gasteiger charge is 2.31. The van der Waals surface area contributed by atoms with Gasteiger partial charge in [-0.15, -0.1) is 0 Å². The maximum absolute atomic E-state index is 11.5. The van der Waals surface area contributed by atoms with Crippen LogP contribution in [0.15, 0.2) is 24.3 Å². The molecule has 1 N–H and O–H groups in total. The molecule has 4 nitrogen and oxygen atoms in total. The summed E-state index contributed by atoms with van der Waals surface area (Å²) in [5, 5.41) is 3.14. The molecule has 1 aliphatic heterocycles. The van der Waals surface area contributed by atoms with Crippen LogP contribution in [0.4, 0.5) is 0 Å². The van der Waals surface area contributed by atoms with Crippen LogP contribution in [0.25, 0.3) is 0 Å². The SMILES string of the molecule is CC[C@@H](C)c1ccccc1O[C@@H]1CN[C@H](C(=O)OC)C1. The molecule has 4 heteroatoms. The maximum Gasteiger partial charge on any atom is 0.323 e. The fourth-order valence-electron chi connectivity index (χ4n) is 2.51. The van der Waals surface area contributed by atoms with E-state index in [-0.39, 0.29) is 18.1 Å². The maximum atomic E-state index is 11.5. The summed E-state index contributed by atoms with van der Waals surface area (Å²) in [6.07, 6.45) is 1.75. The second-order valence-electron chi connectivity index (χ2n) is 5.31. The van der Waals surface area contributed by atoms with Crippen LogP contribution in [0.1, 0.15) is 38.2 Å². The van der Waals surface area contributed by atoms with Gasteiger partial charge in [-0.2, -0.15) is 0 Å². The van der Waals surface area contributed by atoms with Gasteiger partial charge in [0, 0.05) is 13.0 Å². The molecule has 110 valence electrons. The lowest BCUT2D eigenvalue weighted by atomic mass is 9.98. The Morgan fingerprint density at radius 2 is 2.20 bits per heavy atom. The number of benzene rings is 1. The Bertz CT molecular complexity index is 461. The smallest absolute Gasteiger partial charge is 0.323 e. The number of rotatable bonds is 5. The second kappa shape index (κ2) is 6.75. The number of ether oxygens (including phenoxy) is 2. The van der Waals surface area contributed by atoms with Crippen LogP contribution in [0.2, 0.25) is 0 Å². The lowest BCUT2D eigenvalue weighted by molar-refractivity contribution is -0.142. The number of carbonyl (C=O) groups is 1. The van der Waals surface area contributed by atoms with Gasteiger partial charge in [-0.25, -0.2) is 0 Å². The molecule has 20 heavy (non-hydrogen) atoms. The highest BCUT2D eigenvalue weighted by atomic mass is 16.5. The van der Waals surface area contributed by atoms with Crippen LogP contribution in [0, 0.1) is 0 Å². The second-order valence-corrected chi connectivity index (χ2v) is 5.31. The topological polar surface area (TPSA) is 47.6 Å². The Balaban J connectivity index is 2.03. The van der Waals surface area contributed by atoms with E-state index in [1.165, 1.54) is 12.7 Å². The van der Waals surface area contributed by atoms with Crippen molar-refractivity contribution in [2.45, 2.75) is 44.8 Å². The van der Waals surface area contributed by atoms with Crippen LogP contribution in [0.5, 0.6) is 5.75 Å². The summed E-state index contributed by atoms with van der Waals surface area (Å²) in [4.78, 5) is 11.5. The quantitative estimate of drug-likeness (QED) is 0.840. The molecule has 0 aliphatic carbocycles. The predicted molar refractivity (Wildman–Crippen MR) is 78.0 cm³/mol. The van der Waals surface area contributed by atoms with Crippen molar-refractivity contribution in [3.05, 3.63) is 29.8 Å². The first kappa shape index (κ1) is 14.9. The molecular formula is C16H23NO3. The van der Waals surface area contributed by atoms with Crippen molar-refractivity contribution in [3.63, 3.8) is 0 Å². The zero-order valence-corrected chi connectivity index (χ0v) is 12.4. The van der Waals surface area contributed by atoms with Gasteiger partial charge in [0.25, 0.3) is 0 Å². The number of hydrogen-bond acceptors (Lipinski definition) is 4. The Labute approximate surface area is 120 Å². The summed E-state index contributed by atoms with van der Waals surface area (Å²) in [5.74, 6) is 1.18. The van der Waals surface area contributed by atoms with Crippen LogP contribution in [0.3, 0.4) is 0 Å². The van der Waals surface area contributed by atoms with E-state index >= 15 is 0 Å². The van der Waals surface area contributed by atoms with Crippen LogP contribution >= 0.6 is 0 Å². The number of nitrogens with one attached hydrogen (secondary N) is 1. The predicted octanol–water partition coefficient (Wildman–Crippen LogP) is 2.48. The fourth-order valence-corrected chi connectivity index (χ4v) is 2.51. The molecule has 3 atom stereocenters. The van der Waals surface area contributed by atoms with Gasteiger partial charge in [0.2, 0.25) is 0 Å². The van der Waals surface area contributed by atoms with Crippen LogP contribution in [-0.2, 0) is 9.53 Å². The minimum Gasteiger partial charge on any atom is -0.489 e. The third kappa shape index (κ3) is 3.31. The summed E-state index contributed by atoms with van der Waals surface area (Å²) >= 11 is 0. The minimum absolute atomic E-state index is 0.0179. The average molecular weight is 277 g/mol. The lowest BCUT2D eigenvalue weighted by Gasteiger charge is -2.19. The first-order valence-electron chi connectivity index (χ1n) is 7.22. The van der Waals surface area contributed by atoms with Gasteiger partial charge in [0.1, 0.15) is 17.9 Å². The van der Waals surface area contributed by atoms with Gasteiger partial charge >= 0.3 is 5.97 Å². The number of methoxy groups -OCH3 is 1. The van der Waals surface area contributed by atoms with E-state index in [2.05, 4.69) is 25.2 Å². The molecule has 0 amide bonds. The van der Waals surface area contributed by atoms with Crippen molar-refractivity contribution in [1.29, 1.82) is 0 Å².